The fourth-order valence-corrected chi connectivity index (χ4v) is 5.20. The number of thioether (sulfide) groups is 1. The average Bonchev–Trinajstić information content (AvgIpc) is 3.20. The molecule has 0 radical (unpaired) electrons. The van der Waals surface area contributed by atoms with Crippen molar-refractivity contribution < 1.29 is 9.72 Å². The van der Waals surface area contributed by atoms with E-state index in [1.54, 1.807) is 22.3 Å². The molecule has 1 amide bonds. The zero-order valence-corrected chi connectivity index (χ0v) is 16.4. The number of nitro benzene ring substituents is 1. The Bertz CT molecular complexity index is 1080. The van der Waals surface area contributed by atoms with Gasteiger partial charge in [-0.1, -0.05) is 17.8 Å². The normalized spacial score (nSPS) is 13.2. The van der Waals surface area contributed by atoms with Gasteiger partial charge in [-0.05, 0) is 31.4 Å². The Balaban J connectivity index is 1.55. The van der Waals surface area contributed by atoms with Gasteiger partial charge in [-0.3, -0.25) is 14.9 Å². The average molecular weight is 400 g/mol. The first kappa shape index (κ1) is 17.9. The minimum atomic E-state index is -0.435. The zero-order chi connectivity index (χ0) is 19.1. The summed E-state index contributed by atoms with van der Waals surface area (Å²) in [7, 11) is 0. The molecular weight excluding hydrogens is 384 g/mol. The number of hydrogen-bond acceptors (Lipinski definition) is 7. The van der Waals surface area contributed by atoms with Crippen LogP contribution in [0.2, 0.25) is 0 Å². The maximum atomic E-state index is 12.8. The van der Waals surface area contributed by atoms with Crippen LogP contribution in [-0.2, 0) is 11.2 Å². The van der Waals surface area contributed by atoms with Gasteiger partial charge in [-0.15, -0.1) is 11.3 Å². The largest absolute Gasteiger partial charge is 0.311 e. The molecule has 0 atom stereocenters. The predicted octanol–water partition coefficient (Wildman–Crippen LogP) is 3.90. The van der Waals surface area contributed by atoms with Crippen LogP contribution in [0, 0.1) is 24.0 Å². The van der Waals surface area contributed by atoms with Crippen LogP contribution in [0.4, 0.5) is 11.4 Å². The lowest BCUT2D eigenvalue weighted by Gasteiger charge is -2.17. The number of aryl methyl sites for hydroxylation is 2. The molecule has 1 aliphatic rings. The molecule has 4 rings (SSSR count). The first-order chi connectivity index (χ1) is 13.0. The van der Waals surface area contributed by atoms with Gasteiger partial charge < -0.3 is 4.90 Å². The highest BCUT2D eigenvalue weighted by Gasteiger charge is 2.27. The molecule has 1 aromatic carbocycles. The standard InChI is InChI=1S/C18H16N4O3S2/c1-10-11(2)27-18-16(10)17(19-9-20-18)26-8-15(23)21-6-5-12-3-4-13(22(24)25)7-14(12)21/h3-4,7,9H,5-6,8H2,1-2H3. The number of aromatic nitrogens is 2. The Kier molecular flexibility index (Phi) is 4.56. The van der Waals surface area contributed by atoms with Crippen molar-refractivity contribution in [2.75, 3.05) is 17.2 Å². The van der Waals surface area contributed by atoms with Gasteiger partial charge in [0.05, 0.1) is 16.4 Å². The summed E-state index contributed by atoms with van der Waals surface area (Å²) in [5, 5.41) is 12.8. The molecule has 0 unspecified atom stereocenters. The minimum absolute atomic E-state index is 0.00276. The number of carbonyl (C=O) groups is 1. The fourth-order valence-electron chi connectivity index (χ4n) is 3.21. The molecule has 0 aliphatic carbocycles. The van der Waals surface area contributed by atoms with E-state index in [1.165, 1.54) is 35.1 Å². The Hall–Kier alpha value is -2.52. The van der Waals surface area contributed by atoms with E-state index < -0.39 is 4.92 Å². The van der Waals surface area contributed by atoms with Crippen LogP contribution in [0.25, 0.3) is 10.2 Å². The van der Waals surface area contributed by atoms with Gasteiger partial charge >= 0.3 is 0 Å². The van der Waals surface area contributed by atoms with Crippen molar-refractivity contribution in [1.29, 1.82) is 0 Å². The molecule has 3 heterocycles. The van der Waals surface area contributed by atoms with Gasteiger partial charge in [0.15, 0.2) is 0 Å². The number of non-ortho nitro benzene ring substituents is 1. The third-order valence-electron chi connectivity index (χ3n) is 4.74. The molecule has 0 saturated carbocycles. The first-order valence-electron chi connectivity index (χ1n) is 8.37. The molecule has 0 spiro atoms. The second kappa shape index (κ2) is 6.90. The maximum Gasteiger partial charge on any atom is 0.271 e. The molecule has 0 fully saturated rings. The summed E-state index contributed by atoms with van der Waals surface area (Å²) in [6.07, 6.45) is 2.24. The first-order valence-corrected chi connectivity index (χ1v) is 10.2. The van der Waals surface area contributed by atoms with Crippen molar-refractivity contribution in [2.24, 2.45) is 0 Å². The molecule has 2 aromatic heterocycles. The van der Waals surface area contributed by atoms with Gasteiger partial charge in [-0.25, -0.2) is 9.97 Å². The van der Waals surface area contributed by atoms with E-state index in [1.807, 2.05) is 6.92 Å². The number of amides is 1. The summed E-state index contributed by atoms with van der Waals surface area (Å²) in [5.74, 6) is 0.151. The van der Waals surface area contributed by atoms with Crippen molar-refractivity contribution in [3.05, 3.63) is 50.6 Å². The van der Waals surface area contributed by atoms with E-state index in [4.69, 9.17) is 0 Å². The summed E-state index contributed by atoms with van der Waals surface area (Å²) in [4.78, 5) is 35.8. The maximum absolute atomic E-state index is 12.8. The van der Waals surface area contributed by atoms with Crippen molar-refractivity contribution in [3.8, 4) is 0 Å². The minimum Gasteiger partial charge on any atom is -0.311 e. The summed E-state index contributed by atoms with van der Waals surface area (Å²) in [5.41, 5.74) is 2.76. The van der Waals surface area contributed by atoms with E-state index in [0.717, 1.165) is 26.4 Å². The SMILES string of the molecule is Cc1sc2ncnc(SCC(=O)N3CCc4ccc([N+](=O)[O-])cc43)c2c1C. The Labute approximate surface area is 163 Å². The van der Waals surface area contributed by atoms with Crippen LogP contribution in [-0.4, -0.2) is 33.1 Å². The second-order valence-corrected chi connectivity index (χ2v) is 8.46. The third-order valence-corrected chi connectivity index (χ3v) is 6.83. The Morgan fingerprint density at radius 1 is 1.37 bits per heavy atom. The number of thiophene rings is 1. The molecule has 138 valence electrons. The topological polar surface area (TPSA) is 89.2 Å². The van der Waals surface area contributed by atoms with Gasteiger partial charge in [0.1, 0.15) is 16.2 Å². The summed E-state index contributed by atoms with van der Waals surface area (Å²) >= 11 is 3.01. The van der Waals surface area contributed by atoms with Crippen LogP contribution < -0.4 is 4.90 Å². The van der Waals surface area contributed by atoms with E-state index in [9.17, 15) is 14.9 Å². The number of hydrogen-bond donors (Lipinski definition) is 0. The van der Waals surface area contributed by atoms with Gasteiger partial charge in [0.25, 0.3) is 5.69 Å². The summed E-state index contributed by atoms with van der Waals surface area (Å²) in [6.45, 7) is 4.64. The van der Waals surface area contributed by atoms with Gasteiger partial charge in [0.2, 0.25) is 5.91 Å². The van der Waals surface area contributed by atoms with Crippen LogP contribution in [0.5, 0.6) is 0 Å². The van der Waals surface area contributed by atoms with Crippen molar-refractivity contribution in [1.82, 2.24) is 9.97 Å². The van der Waals surface area contributed by atoms with Gasteiger partial charge in [-0.2, -0.15) is 0 Å². The van der Waals surface area contributed by atoms with Crippen molar-refractivity contribution in [3.63, 3.8) is 0 Å². The van der Waals surface area contributed by atoms with Gasteiger partial charge in [0, 0.05) is 28.9 Å². The van der Waals surface area contributed by atoms with Crippen LogP contribution >= 0.6 is 23.1 Å². The number of fused-ring (bicyclic) bond motifs is 2. The fraction of sp³-hybridized carbons (Fsp3) is 0.278. The molecule has 1 aliphatic heterocycles. The molecule has 0 N–H and O–H groups in total. The predicted molar refractivity (Wildman–Crippen MR) is 107 cm³/mol. The van der Waals surface area contributed by atoms with Crippen LogP contribution in [0.15, 0.2) is 29.6 Å². The summed E-state index contributed by atoms with van der Waals surface area (Å²) < 4.78 is 0. The lowest BCUT2D eigenvalue weighted by atomic mass is 10.1. The number of nitro groups is 1. The van der Waals surface area contributed by atoms with E-state index >= 15 is 0 Å². The lowest BCUT2D eigenvalue weighted by Crippen LogP contribution is -2.30. The molecule has 27 heavy (non-hydrogen) atoms. The van der Waals surface area contributed by atoms with Crippen molar-refractivity contribution in [2.45, 2.75) is 25.3 Å². The second-order valence-electron chi connectivity index (χ2n) is 6.30. The van der Waals surface area contributed by atoms with Crippen LogP contribution in [0.3, 0.4) is 0 Å². The lowest BCUT2D eigenvalue weighted by molar-refractivity contribution is -0.384. The Morgan fingerprint density at radius 3 is 2.96 bits per heavy atom. The monoisotopic (exact) mass is 400 g/mol. The number of nitrogens with zero attached hydrogens (tertiary/aromatic N) is 4. The highest BCUT2D eigenvalue weighted by Crippen LogP contribution is 2.36. The molecule has 3 aromatic rings. The number of benzene rings is 1. The van der Waals surface area contributed by atoms with Crippen LogP contribution in [0.1, 0.15) is 16.0 Å². The highest BCUT2D eigenvalue weighted by atomic mass is 32.2. The Morgan fingerprint density at radius 2 is 2.19 bits per heavy atom. The third kappa shape index (κ3) is 3.17. The molecule has 0 saturated heterocycles. The highest BCUT2D eigenvalue weighted by molar-refractivity contribution is 8.00. The van der Waals surface area contributed by atoms with E-state index in [2.05, 4.69) is 16.9 Å². The number of rotatable bonds is 4. The molecule has 9 heteroatoms. The number of carbonyl (C=O) groups excluding carboxylic acids is 1. The number of anilines is 1. The van der Waals surface area contributed by atoms with Crippen molar-refractivity contribution >= 4 is 50.6 Å². The smallest absolute Gasteiger partial charge is 0.271 e. The summed E-state index contributed by atoms with van der Waals surface area (Å²) in [6, 6.07) is 4.71. The molecule has 7 nitrogen and oxygen atoms in total. The molecule has 0 bridgehead atoms. The zero-order valence-electron chi connectivity index (χ0n) is 14.8. The van der Waals surface area contributed by atoms with E-state index in [-0.39, 0.29) is 17.3 Å². The van der Waals surface area contributed by atoms with E-state index in [0.29, 0.717) is 18.7 Å². The quantitative estimate of drug-likeness (QED) is 0.286. The molecular formula is C18H16N4O3S2.